The van der Waals surface area contributed by atoms with E-state index in [1.165, 1.54) is 36.4 Å². The Bertz CT molecular complexity index is 1340. The summed E-state index contributed by atoms with van der Waals surface area (Å²) in [5.41, 5.74) is 6.09. The topological polar surface area (TPSA) is 148 Å². The maximum absolute atomic E-state index is 13.0. The molecule has 0 bridgehead atoms. The van der Waals surface area contributed by atoms with Crippen LogP contribution in [0.15, 0.2) is 77.3 Å². The highest BCUT2D eigenvalue weighted by atomic mass is 79.9. The van der Waals surface area contributed by atoms with Crippen molar-refractivity contribution < 1.29 is 38.6 Å². The summed E-state index contributed by atoms with van der Waals surface area (Å²) in [6, 6.07) is 18.3. The lowest BCUT2D eigenvalue weighted by molar-refractivity contribution is -0.159. The lowest BCUT2D eigenvalue weighted by Crippen LogP contribution is -2.54. The largest absolute Gasteiger partial charge is 0.478 e. The highest BCUT2D eigenvalue weighted by molar-refractivity contribution is 9.10. The van der Waals surface area contributed by atoms with E-state index in [9.17, 15) is 29.1 Å². The number of carboxylic acids is 1. The Morgan fingerprint density at radius 1 is 0.658 bits per heavy atom. The van der Waals surface area contributed by atoms with E-state index in [2.05, 4.69) is 21.4 Å². The van der Waals surface area contributed by atoms with Gasteiger partial charge in [-0.15, -0.1) is 0 Å². The number of carbonyl (C=O) groups is 5. The lowest BCUT2D eigenvalue weighted by atomic mass is 10.1. The van der Waals surface area contributed by atoms with E-state index >= 15 is 0 Å². The van der Waals surface area contributed by atoms with Crippen molar-refractivity contribution in [1.29, 1.82) is 0 Å². The molecule has 0 heterocycles. The third-order valence-electron chi connectivity index (χ3n) is 5.22. The van der Waals surface area contributed by atoms with Crippen molar-refractivity contribution in [2.24, 2.45) is 0 Å². The van der Waals surface area contributed by atoms with Gasteiger partial charge in [0, 0.05) is 10.0 Å². The van der Waals surface area contributed by atoms with Crippen LogP contribution in [-0.4, -0.2) is 47.0 Å². The Labute approximate surface area is 226 Å². The summed E-state index contributed by atoms with van der Waals surface area (Å²) in [7, 11) is 0. The van der Waals surface area contributed by atoms with Gasteiger partial charge in [0.2, 0.25) is 12.2 Å². The highest BCUT2D eigenvalue weighted by Crippen LogP contribution is 2.15. The van der Waals surface area contributed by atoms with Crippen LogP contribution in [0.4, 0.5) is 0 Å². The lowest BCUT2D eigenvalue weighted by Gasteiger charge is -2.23. The van der Waals surface area contributed by atoms with E-state index in [0.29, 0.717) is 0 Å². The summed E-state index contributed by atoms with van der Waals surface area (Å²) >= 11 is 3.24. The van der Waals surface area contributed by atoms with E-state index in [-0.39, 0.29) is 16.7 Å². The zero-order valence-electron chi connectivity index (χ0n) is 20.3. The number of halogens is 1. The van der Waals surface area contributed by atoms with Crippen molar-refractivity contribution in [2.45, 2.75) is 26.1 Å². The molecule has 0 unspecified atom stereocenters. The quantitative estimate of drug-likeness (QED) is 0.270. The fraction of sp³-hybridized carbons (Fsp3) is 0.148. The van der Waals surface area contributed by atoms with Gasteiger partial charge in [-0.2, -0.15) is 0 Å². The summed E-state index contributed by atoms with van der Waals surface area (Å²) in [5.74, 6) is -5.80. The molecule has 0 aliphatic heterocycles. The molecule has 3 rings (SSSR count). The van der Waals surface area contributed by atoms with E-state index in [1.807, 2.05) is 5.43 Å². The zero-order valence-corrected chi connectivity index (χ0v) is 21.9. The second-order valence-corrected chi connectivity index (χ2v) is 9.09. The van der Waals surface area contributed by atoms with Gasteiger partial charge in [0.25, 0.3) is 11.8 Å². The molecule has 0 saturated heterocycles. The first kappa shape index (κ1) is 28.1. The number of hydrazine groups is 1. The van der Waals surface area contributed by atoms with Gasteiger partial charge >= 0.3 is 17.9 Å². The van der Waals surface area contributed by atoms with Crippen LogP contribution in [0.2, 0.25) is 0 Å². The Balaban J connectivity index is 1.84. The molecule has 11 heteroatoms. The molecule has 0 spiro atoms. The summed E-state index contributed by atoms with van der Waals surface area (Å²) in [6.07, 6.45) is -4.39. The summed E-state index contributed by atoms with van der Waals surface area (Å²) < 4.78 is 11.0. The van der Waals surface area contributed by atoms with Gasteiger partial charge in [-0.1, -0.05) is 51.3 Å². The van der Waals surface area contributed by atoms with Crippen molar-refractivity contribution >= 4 is 45.7 Å². The Hall–Kier alpha value is -4.51. The smallest absolute Gasteiger partial charge is 0.349 e. The first-order valence-electron chi connectivity index (χ1n) is 11.2. The van der Waals surface area contributed by atoms with Crippen LogP contribution in [0.1, 0.15) is 42.2 Å². The van der Waals surface area contributed by atoms with Crippen LogP contribution in [0.25, 0.3) is 0 Å². The number of rotatable bonds is 8. The number of hydrogen-bond donors (Lipinski definition) is 3. The molecule has 0 fully saturated rings. The van der Waals surface area contributed by atoms with Gasteiger partial charge in [-0.05, 0) is 62.4 Å². The molecule has 0 aliphatic rings. The van der Waals surface area contributed by atoms with E-state index < -0.39 is 41.9 Å². The third kappa shape index (κ3) is 7.50. The maximum Gasteiger partial charge on any atom is 0.349 e. The minimum atomic E-state index is -2.23. The molecule has 3 N–H and O–H groups in total. The molecular formula is C27H23BrN2O8. The minimum absolute atomic E-state index is 0.0226. The van der Waals surface area contributed by atoms with Crippen molar-refractivity contribution in [1.82, 2.24) is 10.9 Å². The zero-order chi connectivity index (χ0) is 27.8. The average molecular weight is 583 g/mol. The molecule has 0 aliphatic carbocycles. The standard InChI is InChI=1S/C27H23BrN2O8/c1-15-3-7-18(8-4-15)26(35)37-21(24(32)30-29-23(31)17-11-13-20(28)14-12-17)22(25(33)34)38-27(36)19-9-5-16(2)6-10-19/h3-14,21-22H,1-2H3,(H,29,31)(H,30,32)(H,33,34)/t21-,22-/m0/s1. The monoisotopic (exact) mass is 582 g/mol. The Morgan fingerprint density at radius 3 is 1.53 bits per heavy atom. The number of benzene rings is 3. The summed E-state index contributed by atoms with van der Waals surface area (Å²) in [6.45, 7) is 3.59. The van der Waals surface area contributed by atoms with Crippen molar-refractivity contribution in [3.05, 3.63) is 105 Å². The number of aryl methyl sites for hydroxylation is 2. The number of amides is 2. The van der Waals surface area contributed by atoms with Gasteiger partial charge in [0.1, 0.15) is 0 Å². The van der Waals surface area contributed by atoms with Gasteiger partial charge in [0.05, 0.1) is 11.1 Å². The molecule has 0 saturated carbocycles. The van der Waals surface area contributed by atoms with Gasteiger partial charge in [0.15, 0.2) is 0 Å². The maximum atomic E-state index is 13.0. The number of carbonyl (C=O) groups excluding carboxylic acids is 4. The second-order valence-electron chi connectivity index (χ2n) is 8.17. The van der Waals surface area contributed by atoms with E-state index in [0.717, 1.165) is 15.6 Å². The molecule has 38 heavy (non-hydrogen) atoms. The van der Waals surface area contributed by atoms with Gasteiger partial charge in [-0.3, -0.25) is 20.4 Å². The third-order valence-corrected chi connectivity index (χ3v) is 5.75. The first-order chi connectivity index (χ1) is 18.0. The molecular weight excluding hydrogens is 560 g/mol. The average Bonchev–Trinajstić information content (AvgIpc) is 2.89. The number of aliphatic carboxylic acids is 1. The Morgan fingerprint density at radius 2 is 1.08 bits per heavy atom. The minimum Gasteiger partial charge on any atom is -0.478 e. The van der Waals surface area contributed by atoms with Crippen LogP contribution in [0, 0.1) is 13.8 Å². The summed E-state index contributed by atoms with van der Waals surface area (Å²) in [4.78, 5) is 62.9. The Kier molecular flexibility index (Phi) is 9.33. The molecule has 2 amide bonds. The number of ether oxygens (including phenoxy) is 2. The van der Waals surface area contributed by atoms with Crippen LogP contribution in [-0.2, 0) is 19.1 Å². The number of hydrogen-bond acceptors (Lipinski definition) is 7. The molecule has 3 aromatic carbocycles. The number of nitrogens with one attached hydrogen (secondary N) is 2. The van der Waals surface area contributed by atoms with E-state index in [4.69, 9.17) is 9.47 Å². The molecule has 2 atom stereocenters. The predicted molar refractivity (Wildman–Crippen MR) is 138 cm³/mol. The predicted octanol–water partition coefficient (Wildman–Crippen LogP) is 3.36. The SMILES string of the molecule is Cc1ccc(C(=O)O[C@H](C(=O)O)[C@H](OC(=O)c2ccc(C)cc2)C(=O)NNC(=O)c2ccc(Br)cc2)cc1. The second kappa shape index (κ2) is 12.6. The molecule has 196 valence electrons. The highest BCUT2D eigenvalue weighted by Gasteiger charge is 2.41. The first-order valence-corrected chi connectivity index (χ1v) is 12.0. The fourth-order valence-corrected chi connectivity index (χ4v) is 3.37. The van der Waals surface area contributed by atoms with Crippen LogP contribution < -0.4 is 10.9 Å². The number of carboxylic acid groups (broad SMARTS) is 1. The van der Waals surface area contributed by atoms with Gasteiger partial charge in [-0.25, -0.2) is 14.4 Å². The van der Waals surface area contributed by atoms with Crippen LogP contribution in [0.5, 0.6) is 0 Å². The molecule has 10 nitrogen and oxygen atoms in total. The number of esters is 2. The van der Waals surface area contributed by atoms with E-state index in [1.54, 1.807) is 50.2 Å². The van der Waals surface area contributed by atoms with Gasteiger partial charge < -0.3 is 14.6 Å². The molecule has 0 radical (unpaired) electrons. The van der Waals surface area contributed by atoms with Crippen molar-refractivity contribution in [3.8, 4) is 0 Å². The molecule has 0 aromatic heterocycles. The van der Waals surface area contributed by atoms with Crippen LogP contribution >= 0.6 is 15.9 Å². The van der Waals surface area contributed by atoms with Crippen molar-refractivity contribution in [3.63, 3.8) is 0 Å². The fourth-order valence-electron chi connectivity index (χ4n) is 3.10. The normalized spacial score (nSPS) is 12.0. The summed E-state index contributed by atoms with van der Waals surface area (Å²) in [5, 5.41) is 9.79. The molecule has 3 aromatic rings. The van der Waals surface area contributed by atoms with Crippen molar-refractivity contribution in [2.75, 3.05) is 0 Å². The van der Waals surface area contributed by atoms with Crippen LogP contribution in [0.3, 0.4) is 0 Å².